The molecule has 0 amide bonds. The SMILES string of the molecule is Cc1cc(Br)cnc1NC(N)=S. The highest BCUT2D eigenvalue weighted by molar-refractivity contribution is 9.10. The fraction of sp³-hybridized carbons (Fsp3) is 0.143. The zero-order chi connectivity index (χ0) is 9.14. The summed E-state index contributed by atoms with van der Waals surface area (Å²) in [5.74, 6) is 0.700. The molecule has 3 N–H and O–H groups in total. The van der Waals surface area contributed by atoms with Crippen LogP contribution in [0.2, 0.25) is 0 Å². The van der Waals surface area contributed by atoms with E-state index in [0.717, 1.165) is 10.0 Å². The highest BCUT2D eigenvalue weighted by Crippen LogP contribution is 2.16. The first-order valence-electron chi connectivity index (χ1n) is 3.28. The van der Waals surface area contributed by atoms with Crippen LogP contribution in [0.4, 0.5) is 5.82 Å². The molecule has 0 radical (unpaired) electrons. The minimum Gasteiger partial charge on any atom is -0.376 e. The smallest absolute Gasteiger partial charge is 0.169 e. The van der Waals surface area contributed by atoms with E-state index < -0.39 is 0 Å². The van der Waals surface area contributed by atoms with Gasteiger partial charge in [-0.1, -0.05) is 0 Å². The van der Waals surface area contributed by atoms with Gasteiger partial charge in [-0.25, -0.2) is 4.98 Å². The Morgan fingerprint density at radius 3 is 2.92 bits per heavy atom. The lowest BCUT2D eigenvalue weighted by molar-refractivity contribution is 1.25. The average molecular weight is 246 g/mol. The van der Waals surface area contributed by atoms with Gasteiger partial charge in [0.1, 0.15) is 5.82 Å². The van der Waals surface area contributed by atoms with Gasteiger partial charge < -0.3 is 11.1 Å². The highest BCUT2D eigenvalue weighted by atomic mass is 79.9. The van der Waals surface area contributed by atoms with Crippen molar-refractivity contribution in [2.24, 2.45) is 5.73 Å². The molecule has 1 rings (SSSR count). The van der Waals surface area contributed by atoms with E-state index in [9.17, 15) is 0 Å². The summed E-state index contributed by atoms with van der Waals surface area (Å²) in [6.07, 6.45) is 1.69. The van der Waals surface area contributed by atoms with Crippen LogP contribution in [0.1, 0.15) is 5.56 Å². The summed E-state index contributed by atoms with van der Waals surface area (Å²) in [7, 11) is 0. The second kappa shape index (κ2) is 3.82. The van der Waals surface area contributed by atoms with E-state index in [-0.39, 0.29) is 5.11 Å². The van der Waals surface area contributed by atoms with Gasteiger partial charge in [-0.3, -0.25) is 0 Å². The van der Waals surface area contributed by atoms with Crippen LogP contribution in [0.15, 0.2) is 16.7 Å². The van der Waals surface area contributed by atoms with E-state index in [0.29, 0.717) is 5.82 Å². The Kier molecular flexibility index (Phi) is 2.99. The Hall–Kier alpha value is -0.680. The summed E-state index contributed by atoms with van der Waals surface area (Å²) in [6.45, 7) is 1.93. The van der Waals surface area contributed by atoms with E-state index in [1.54, 1.807) is 6.20 Å². The molecule has 0 aliphatic heterocycles. The fourth-order valence-corrected chi connectivity index (χ4v) is 1.33. The number of pyridine rings is 1. The minimum absolute atomic E-state index is 0.230. The van der Waals surface area contributed by atoms with Crippen LogP contribution in [0.3, 0.4) is 0 Å². The largest absolute Gasteiger partial charge is 0.376 e. The van der Waals surface area contributed by atoms with E-state index in [1.807, 2.05) is 13.0 Å². The van der Waals surface area contributed by atoms with Gasteiger partial charge in [0, 0.05) is 10.7 Å². The molecule has 0 unspecified atom stereocenters. The Bertz CT molecular complexity index is 314. The van der Waals surface area contributed by atoms with Crippen LogP contribution in [-0.2, 0) is 0 Å². The second-order valence-corrected chi connectivity index (χ2v) is 3.66. The number of aryl methyl sites for hydroxylation is 1. The molecule has 0 atom stereocenters. The van der Waals surface area contributed by atoms with Gasteiger partial charge in [-0.05, 0) is 46.7 Å². The number of rotatable bonds is 1. The fourth-order valence-electron chi connectivity index (χ4n) is 0.788. The van der Waals surface area contributed by atoms with Gasteiger partial charge in [0.05, 0.1) is 0 Å². The molecule has 0 spiro atoms. The lowest BCUT2D eigenvalue weighted by Crippen LogP contribution is -2.20. The van der Waals surface area contributed by atoms with Crippen molar-refractivity contribution < 1.29 is 0 Å². The predicted octanol–water partition coefficient (Wildman–Crippen LogP) is 1.81. The Morgan fingerprint density at radius 2 is 2.42 bits per heavy atom. The summed E-state index contributed by atoms with van der Waals surface area (Å²) < 4.78 is 0.938. The van der Waals surface area contributed by atoms with Crippen molar-refractivity contribution in [3.8, 4) is 0 Å². The van der Waals surface area contributed by atoms with Gasteiger partial charge in [-0.2, -0.15) is 0 Å². The number of nitrogens with two attached hydrogens (primary N) is 1. The zero-order valence-corrected chi connectivity index (χ0v) is 8.87. The monoisotopic (exact) mass is 245 g/mol. The summed E-state index contributed by atoms with van der Waals surface area (Å²) in [6, 6.07) is 1.94. The molecule has 0 bridgehead atoms. The molecule has 5 heteroatoms. The predicted molar refractivity (Wildman–Crippen MR) is 57.1 cm³/mol. The van der Waals surface area contributed by atoms with Gasteiger partial charge >= 0.3 is 0 Å². The molecular formula is C7H8BrN3S. The Morgan fingerprint density at radius 1 is 1.75 bits per heavy atom. The number of thiocarbonyl (C=S) groups is 1. The third kappa shape index (κ3) is 2.42. The summed E-state index contributed by atoms with van der Waals surface area (Å²) in [5.41, 5.74) is 6.30. The zero-order valence-electron chi connectivity index (χ0n) is 6.47. The van der Waals surface area contributed by atoms with Crippen molar-refractivity contribution in [3.63, 3.8) is 0 Å². The molecule has 1 aromatic rings. The number of nitrogens with zero attached hydrogens (tertiary/aromatic N) is 1. The minimum atomic E-state index is 0.230. The Labute approximate surface area is 84.5 Å². The number of halogens is 1. The van der Waals surface area contributed by atoms with E-state index in [2.05, 4.69) is 38.4 Å². The lowest BCUT2D eigenvalue weighted by atomic mass is 10.3. The molecule has 1 heterocycles. The molecular weight excluding hydrogens is 238 g/mol. The first kappa shape index (κ1) is 9.41. The first-order valence-corrected chi connectivity index (χ1v) is 4.48. The van der Waals surface area contributed by atoms with E-state index in [1.165, 1.54) is 0 Å². The number of aromatic nitrogens is 1. The number of anilines is 1. The molecule has 0 fully saturated rings. The van der Waals surface area contributed by atoms with Crippen LogP contribution >= 0.6 is 28.1 Å². The van der Waals surface area contributed by atoms with Gasteiger partial charge in [0.2, 0.25) is 0 Å². The molecule has 0 saturated carbocycles. The normalized spacial score (nSPS) is 9.50. The summed E-state index contributed by atoms with van der Waals surface area (Å²) in [5, 5.41) is 3.01. The van der Waals surface area contributed by atoms with Crippen molar-refractivity contribution >= 4 is 39.1 Å². The van der Waals surface area contributed by atoms with Crippen molar-refractivity contribution in [1.82, 2.24) is 4.98 Å². The number of nitrogens with one attached hydrogen (secondary N) is 1. The molecule has 0 aliphatic rings. The maximum absolute atomic E-state index is 5.30. The summed E-state index contributed by atoms with van der Waals surface area (Å²) in [4.78, 5) is 4.09. The first-order chi connectivity index (χ1) is 5.59. The van der Waals surface area contributed by atoms with Gasteiger partial charge in [-0.15, -0.1) is 0 Å². The molecule has 3 nitrogen and oxygen atoms in total. The third-order valence-corrected chi connectivity index (χ3v) is 1.82. The molecule has 64 valence electrons. The van der Waals surface area contributed by atoms with Crippen molar-refractivity contribution in [3.05, 3.63) is 22.3 Å². The molecule has 0 aromatic carbocycles. The molecule has 12 heavy (non-hydrogen) atoms. The van der Waals surface area contributed by atoms with Crippen LogP contribution in [0.25, 0.3) is 0 Å². The van der Waals surface area contributed by atoms with Crippen molar-refractivity contribution in [2.75, 3.05) is 5.32 Å². The summed E-state index contributed by atoms with van der Waals surface area (Å²) >= 11 is 7.99. The second-order valence-electron chi connectivity index (χ2n) is 2.31. The van der Waals surface area contributed by atoms with E-state index in [4.69, 9.17) is 5.73 Å². The number of hydrogen-bond donors (Lipinski definition) is 2. The van der Waals surface area contributed by atoms with Crippen LogP contribution < -0.4 is 11.1 Å². The third-order valence-electron chi connectivity index (χ3n) is 1.29. The van der Waals surface area contributed by atoms with E-state index >= 15 is 0 Å². The van der Waals surface area contributed by atoms with Crippen LogP contribution in [-0.4, -0.2) is 10.1 Å². The quantitative estimate of drug-likeness (QED) is 0.742. The molecule has 0 saturated heterocycles. The molecule has 0 aliphatic carbocycles. The van der Waals surface area contributed by atoms with Crippen LogP contribution in [0, 0.1) is 6.92 Å². The lowest BCUT2D eigenvalue weighted by Gasteiger charge is -2.05. The van der Waals surface area contributed by atoms with Crippen molar-refractivity contribution in [2.45, 2.75) is 6.92 Å². The molecule has 1 aromatic heterocycles. The topological polar surface area (TPSA) is 50.9 Å². The van der Waals surface area contributed by atoms with Gasteiger partial charge in [0.25, 0.3) is 0 Å². The van der Waals surface area contributed by atoms with Crippen LogP contribution in [0.5, 0.6) is 0 Å². The Balaban J connectivity index is 2.93. The maximum Gasteiger partial charge on any atom is 0.169 e. The maximum atomic E-state index is 5.30. The van der Waals surface area contributed by atoms with Gasteiger partial charge in [0.15, 0.2) is 5.11 Å². The highest BCUT2D eigenvalue weighted by Gasteiger charge is 1.99. The van der Waals surface area contributed by atoms with Crippen molar-refractivity contribution in [1.29, 1.82) is 0 Å². The average Bonchev–Trinajstić information content (AvgIpc) is 1.94. The number of hydrogen-bond acceptors (Lipinski definition) is 2. The standard InChI is InChI=1S/C7H8BrN3S/c1-4-2-5(8)3-10-6(4)11-7(9)12/h2-3H,1H3,(H3,9,10,11,12).